The van der Waals surface area contributed by atoms with E-state index in [4.69, 9.17) is 5.73 Å². The topological polar surface area (TPSA) is 26.0 Å². The molecule has 2 atom stereocenters. The Morgan fingerprint density at radius 2 is 2.00 bits per heavy atom. The van der Waals surface area contributed by atoms with Crippen molar-refractivity contribution in [2.45, 2.75) is 32.5 Å². The maximum absolute atomic E-state index is 11.9. The summed E-state index contributed by atoms with van der Waals surface area (Å²) < 4.78 is 11.9. The van der Waals surface area contributed by atoms with Crippen LogP contribution in [0.5, 0.6) is 0 Å². The minimum Gasteiger partial charge on any atom is -0.328 e. The summed E-state index contributed by atoms with van der Waals surface area (Å²) in [6, 6.07) is -0.000000000000000222. The zero-order valence-electron chi connectivity index (χ0n) is 4.82. The first-order valence-electron chi connectivity index (χ1n) is 2.52. The van der Waals surface area contributed by atoms with Gasteiger partial charge in [-0.1, -0.05) is 0 Å². The highest BCUT2D eigenvalue weighted by Crippen LogP contribution is 1.96. The molecule has 0 aromatic carbocycles. The molecule has 0 aliphatic carbocycles. The van der Waals surface area contributed by atoms with Crippen LogP contribution in [0, 0.1) is 0 Å². The SMILES string of the molecule is C[C@H](N)C[C@@H](C)F. The van der Waals surface area contributed by atoms with Crippen LogP contribution in [0.15, 0.2) is 0 Å². The fourth-order valence-electron chi connectivity index (χ4n) is 0.512. The Labute approximate surface area is 43.7 Å². The molecule has 0 amide bonds. The normalized spacial score (nSPS) is 18.9. The lowest BCUT2D eigenvalue weighted by Gasteiger charge is -2.02. The maximum Gasteiger partial charge on any atom is 0.0988 e. The molecule has 0 unspecified atom stereocenters. The van der Waals surface area contributed by atoms with Crippen LogP contribution in [0.4, 0.5) is 4.39 Å². The number of hydrogen-bond acceptors (Lipinski definition) is 1. The lowest BCUT2D eigenvalue weighted by atomic mass is 10.2. The molecule has 0 saturated heterocycles. The summed E-state index contributed by atoms with van der Waals surface area (Å²) >= 11 is 0. The minimum absolute atomic E-state index is 0.000000000000000222. The Morgan fingerprint density at radius 3 is 2.00 bits per heavy atom. The van der Waals surface area contributed by atoms with Gasteiger partial charge in [-0.2, -0.15) is 0 Å². The monoisotopic (exact) mass is 105 g/mol. The zero-order valence-corrected chi connectivity index (χ0v) is 4.82. The number of alkyl halides is 1. The van der Waals surface area contributed by atoms with E-state index in [1.807, 2.05) is 0 Å². The first kappa shape index (κ1) is 6.89. The van der Waals surface area contributed by atoms with Crippen LogP contribution < -0.4 is 5.73 Å². The first-order valence-corrected chi connectivity index (χ1v) is 2.52. The van der Waals surface area contributed by atoms with Crippen molar-refractivity contribution in [3.8, 4) is 0 Å². The van der Waals surface area contributed by atoms with Crippen molar-refractivity contribution in [1.82, 2.24) is 0 Å². The van der Waals surface area contributed by atoms with E-state index in [0.29, 0.717) is 6.42 Å². The Morgan fingerprint density at radius 1 is 1.57 bits per heavy atom. The quantitative estimate of drug-likeness (QED) is 0.558. The number of nitrogens with two attached hydrogens (primary N) is 1. The molecular weight excluding hydrogens is 93.1 g/mol. The molecule has 7 heavy (non-hydrogen) atoms. The fourth-order valence-corrected chi connectivity index (χ4v) is 0.512. The first-order chi connectivity index (χ1) is 3.13. The largest absolute Gasteiger partial charge is 0.328 e. The molecule has 1 nitrogen and oxygen atoms in total. The van der Waals surface area contributed by atoms with Gasteiger partial charge >= 0.3 is 0 Å². The van der Waals surface area contributed by atoms with Crippen LogP contribution in [-0.4, -0.2) is 12.2 Å². The molecule has 0 aliphatic heterocycles. The van der Waals surface area contributed by atoms with Gasteiger partial charge in [0.2, 0.25) is 0 Å². The summed E-state index contributed by atoms with van der Waals surface area (Å²) in [6.07, 6.45) is -0.278. The highest BCUT2D eigenvalue weighted by atomic mass is 19.1. The Hall–Kier alpha value is -0.110. The van der Waals surface area contributed by atoms with Crippen LogP contribution in [0.1, 0.15) is 20.3 Å². The van der Waals surface area contributed by atoms with Gasteiger partial charge in [0.15, 0.2) is 0 Å². The zero-order chi connectivity index (χ0) is 5.86. The van der Waals surface area contributed by atoms with E-state index in [9.17, 15) is 4.39 Å². The lowest BCUT2D eigenvalue weighted by Crippen LogP contribution is -2.18. The standard InChI is InChI=1S/C5H12FN/c1-4(6)3-5(2)7/h4-5H,3,7H2,1-2H3/t4-,5+/m1/s1. The average molecular weight is 105 g/mol. The van der Waals surface area contributed by atoms with Crippen molar-refractivity contribution < 1.29 is 4.39 Å². The maximum atomic E-state index is 11.9. The van der Waals surface area contributed by atoms with Crippen molar-refractivity contribution in [2.24, 2.45) is 5.73 Å². The minimum atomic E-state index is -0.750. The van der Waals surface area contributed by atoms with Crippen LogP contribution in [-0.2, 0) is 0 Å². The van der Waals surface area contributed by atoms with Gasteiger partial charge in [0.05, 0.1) is 6.17 Å². The van der Waals surface area contributed by atoms with Crippen LogP contribution in [0.2, 0.25) is 0 Å². The third-order valence-electron chi connectivity index (χ3n) is 0.697. The van der Waals surface area contributed by atoms with Crippen molar-refractivity contribution >= 4 is 0 Å². The molecule has 0 fully saturated rings. The van der Waals surface area contributed by atoms with Gasteiger partial charge in [0.1, 0.15) is 0 Å². The van der Waals surface area contributed by atoms with E-state index in [-0.39, 0.29) is 6.04 Å². The second-order valence-corrected chi connectivity index (χ2v) is 1.99. The summed E-state index contributed by atoms with van der Waals surface area (Å²) in [5.41, 5.74) is 5.25. The predicted octanol–water partition coefficient (Wildman–Crippen LogP) is 1.08. The number of halogens is 1. The van der Waals surface area contributed by atoms with Gasteiger partial charge in [-0.3, -0.25) is 0 Å². The summed E-state index contributed by atoms with van der Waals surface area (Å²) in [5, 5.41) is 0. The van der Waals surface area contributed by atoms with Crippen molar-refractivity contribution in [2.75, 3.05) is 0 Å². The molecular formula is C5H12FN. The molecule has 2 heteroatoms. The summed E-state index contributed by atoms with van der Waals surface area (Å²) in [6.45, 7) is 3.32. The molecule has 0 aliphatic rings. The van der Waals surface area contributed by atoms with E-state index < -0.39 is 6.17 Å². The number of rotatable bonds is 2. The van der Waals surface area contributed by atoms with Gasteiger partial charge in [-0.05, 0) is 20.3 Å². The second kappa shape index (κ2) is 2.97. The van der Waals surface area contributed by atoms with Crippen molar-refractivity contribution in [3.05, 3.63) is 0 Å². The van der Waals surface area contributed by atoms with E-state index in [1.54, 1.807) is 6.92 Å². The average Bonchev–Trinajstić information content (AvgIpc) is 1.27. The molecule has 0 bridgehead atoms. The Kier molecular flexibility index (Phi) is 2.92. The summed E-state index contributed by atoms with van der Waals surface area (Å²) in [5.74, 6) is 0. The molecule has 0 radical (unpaired) electrons. The molecule has 44 valence electrons. The van der Waals surface area contributed by atoms with Gasteiger partial charge in [0.25, 0.3) is 0 Å². The number of hydrogen-bond donors (Lipinski definition) is 1. The van der Waals surface area contributed by atoms with Gasteiger partial charge in [-0.25, -0.2) is 4.39 Å². The van der Waals surface area contributed by atoms with E-state index in [1.165, 1.54) is 6.92 Å². The van der Waals surface area contributed by atoms with E-state index in [0.717, 1.165) is 0 Å². The lowest BCUT2D eigenvalue weighted by molar-refractivity contribution is 0.324. The summed E-state index contributed by atoms with van der Waals surface area (Å²) in [4.78, 5) is 0. The third kappa shape index (κ3) is 5.89. The molecule has 0 heterocycles. The van der Waals surface area contributed by atoms with Crippen LogP contribution in [0.3, 0.4) is 0 Å². The van der Waals surface area contributed by atoms with Crippen molar-refractivity contribution in [1.29, 1.82) is 0 Å². The second-order valence-electron chi connectivity index (χ2n) is 1.99. The smallest absolute Gasteiger partial charge is 0.0988 e. The Balaban J connectivity index is 2.95. The van der Waals surface area contributed by atoms with Crippen LogP contribution >= 0.6 is 0 Å². The summed E-state index contributed by atoms with van der Waals surface area (Å²) in [7, 11) is 0. The molecule has 0 aromatic rings. The van der Waals surface area contributed by atoms with Crippen molar-refractivity contribution in [3.63, 3.8) is 0 Å². The molecule has 2 N–H and O–H groups in total. The molecule has 0 spiro atoms. The molecule has 0 saturated carbocycles. The Bertz CT molecular complexity index is 37.3. The molecule has 0 aromatic heterocycles. The third-order valence-corrected chi connectivity index (χ3v) is 0.697. The van der Waals surface area contributed by atoms with Gasteiger partial charge in [-0.15, -0.1) is 0 Å². The fraction of sp³-hybridized carbons (Fsp3) is 1.00. The predicted molar refractivity (Wildman–Crippen MR) is 28.8 cm³/mol. The molecule has 0 rings (SSSR count). The van der Waals surface area contributed by atoms with Crippen LogP contribution in [0.25, 0.3) is 0 Å². The van der Waals surface area contributed by atoms with E-state index >= 15 is 0 Å². The highest BCUT2D eigenvalue weighted by Gasteiger charge is 1.99. The van der Waals surface area contributed by atoms with Gasteiger partial charge < -0.3 is 5.73 Å². The highest BCUT2D eigenvalue weighted by molar-refractivity contribution is 4.56. The van der Waals surface area contributed by atoms with Gasteiger partial charge in [0, 0.05) is 6.04 Å². The van der Waals surface area contributed by atoms with E-state index in [2.05, 4.69) is 0 Å².